The van der Waals surface area contributed by atoms with Crippen LogP contribution in [0.4, 0.5) is 0 Å². The molecule has 0 aromatic heterocycles. The highest BCUT2D eigenvalue weighted by molar-refractivity contribution is 8.04. The molecule has 1 heterocycles. The minimum absolute atomic E-state index is 0.360. The summed E-state index contributed by atoms with van der Waals surface area (Å²) in [5, 5.41) is 0. The fourth-order valence-electron chi connectivity index (χ4n) is 1.01. The van der Waals surface area contributed by atoms with Crippen molar-refractivity contribution in [3.8, 4) is 0 Å². The first-order valence-electron chi connectivity index (χ1n) is 3.71. The largest absolute Gasteiger partial charge is 0.120 e. The van der Waals surface area contributed by atoms with Crippen molar-refractivity contribution in [3.63, 3.8) is 0 Å². The van der Waals surface area contributed by atoms with Crippen LogP contribution in [0.2, 0.25) is 0 Å². The summed E-state index contributed by atoms with van der Waals surface area (Å²) in [6.45, 7) is 6.68. The first-order valence-corrected chi connectivity index (χ1v) is 4.53. The molecule has 1 heteroatoms. The third-order valence-electron chi connectivity index (χ3n) is 1.88. The molecule has 0 bridgehead atoms. The summed E-state index contributed by atoms with van der Waals surface area (Å²) in [6, 6.07) is 0. The Hall–Kier alpha value is -0.170. The fourth-order valence-corrected chi connectivity index (χ4v) is 2.19. The molecule has 0 spiro atoms. The summed E-state index contributed by atoms with van der Waals surface area (Å²) in [5.41, 5.74) is 0. The monoisotopic (exact) mass is 154 g/mol. The average molecular weight is 154 g/mol. The van der Waals surface area contributed by atoms with Crippen molar-refractivity contribution >= 4 is 11.8 Å². The number of rotatable bonds is 1. The zero-order valence-corrected chi connectivity index (χ0v) is 7.66. The Kier molecular flexibility index (Phi) is 2.24. The summed E-state index contributed by atoms with van der Waals surface area (Å²) < 4.78 is 0.360. The van der Waals surface area contributed by atoms with E-state index >= 15 is 0 Å². The van der Waals surface area contributed by atoms with Gasteiger partial charge in [-0.1, -0.05) is 25.2 Å². The minimum Gasteiger partial charge on any atom is -0.120 e. The van der Waals surface area contributed by atoms with E-state index in [0.29, 0.717) is 4.75 Å². The number of allylic oxidation sites excluding steroid dienone is 3. The molecule has 1 unspecified atom stereocenters. The van der Waals surface area contributed by atoms with Crippen molar-refractivity contribution in [1.29, 1.82) is 0 Å². The summed E-state index contributed by atoms with van der Waals surface area (Å²) in [4.78, 5) is 1.42. The van der Waals surface area contributed by atoms with E-state index in [1.165, 1.54) is 11.3 Å². The Morgan fingerprint density at radius 3 is 2.70 bits per heavy atom. The number of thioether (sulfide) groups is 1. The predicted molar refractivity (Wildman–Crippen MR) is 49.2 cm³/mol. The maximum atomic E-state index is 2.28. The molecule has 56 valence electrons. The van der Waals surface area contributed by atoms with Crippen molar-refractivity contribution in [2.75, 3.05) is 0 Å². The number of hydrogen-bond acceptors (Lipinski definition) is 1. The van der Waals surface area contributed by atoms with E-state index in [2.05, 4.69) is 39.0 Å². The lowest BCUT2D eigenvalue weighted by Crippen LogP contribution is -2.16. The lowest BCUT2D eigenvalue weighted by molar-refractivity contribution is 0.755. The van der Waals surface area contributed by atoms with Crippen molar-refractivity contribution < 1.29 is 0 Å². The maximum Gasteiger partial charge on any atom is 0.0355 e. The molecular weight excluding hydrogens is 140 g/mol. The zero-order chi connectivity index (χ0) is 7.61. The van der Waals surface area contributed by atoms with Crippen LogP contribution >= 0.6 is 11.8 Å². The predicted octanol–water partition coefficient (Wildman–Crippen LogP) is 3.36. The van der Waals surface area contributed by atoms with Gasteiger partial charge in [0.1, 0.15) is 0 Å². The minimum atomic E-state index is 0.360. The van der Waals surface area contributed by atoms with Gasteiger partial charge in [0.15, 0.2) is 0 Å². The van der Waals surface area contributed by atoms with Gasteiger partial charge in [0.25, 0.3) is 0 Å². The molecule has 1 atom stereocenters. The van der Waals surface area contributed by atoms with E-state index in [0.717, 1.165) is 0 Å². The zero-order valence-electron chi connectivity index (χ0n) is 6.85. The molecule has 1 aliphatic heterocycles. The average Bonchev–Trinajstić information content (AvgIpc) is 1.88. The first-order chi connectivity index (χ1) is 4.66. The molecule has 10 heavy (non-hydrogen) atoms. The lowest BCUT2D eigenvalue weighted by atomic mass is 10.1. The van der Waals surface area contributed by atoms with Crippen molar-refractivity contribution in [2.24, 2.45) is 0 Å². The highest BCUT2D eigenvalue weighted by Gasteiger charge is 2.20. The van der Waals surface area contributed by atoms with Gasteiger partial charge >= 0.3 is 0 Å². The lowest BCUT2D eigenvalue weighted by Gasteiger charge is -2.26. The SMILES string of the molecule is CCC1(C)C=CC=C(C)S1. The molecule has 0 aromatic carbocycles. The molecule has 0 aromatic rings. The van der Waals surface area contributed by atoms with E-state index in [-0.39, 0.29) is 0 Å². The van der Waals surface area contributed by atoms with Crippen molar-refractivity contribution in [3.05, 3.63) is 23.1 Å². The van der Waals surface area contributed by atoms with Crippen LogP contribution in [0, 0.1) is 0 Å². The summed E-state index contributed by atoms with van der Waals surface area (Å²) in [5.74, 6) is 0. The van der Waals surface area contributed by atoms with Gasteiger partial charge in [-0.2, -0.15) is 0 Å². The molecule has 0 amide bonds. The summed E-state index contributed by atoms with van der Waals surface area (Å²) in [7, 11) is 0. The summed E-state index contributed by atoms with van der Waals surface area (Å²) >= 11 is 1.96. The van der Waals surface area contributed by atoms with Gasteiger partial charge in [-0.15, -0.1) is 11.8 Å². The van der Waals surface area contributed by atoms with Crippen molar-refractivity contribution in [1.82, 2.24) is 0 Å². The van der Waals surface area contributed by atoms with Crippen LogP contribution in [0.3, 0.4) is 0 Å². The van der Waals surface area contributed by atoms with E-state index < -0.39 is 0 Å². The van der Waals surface area contributed by atoms with Gasteiger partial charge < -0.3 is 0 Å². The fraction of sp³-hybridized carbons (Fsp3) is 0.556. The van der Waals surface area contributed by atoms with Crippen LogP contribution in [0.5, 0.6) is 0 Å². The van der Waals surface area contributed by atoms with Crippen LogP contribution < -0.4 is 0 Å². The Balaban J connectivity index is 2.71. The topological polar surface area (TPSA) is 0 Å². The van der Waals surface area contributed by atoms with Crippen LogP contribution in [0.25, 0.3) is 0 Å². The third kappa shape index (κ3) is 1.66. The molecule has 0 fully saturated rings. The maximum absolute atomic E-state index is 2.28. The van der Waals surface area contributed by atoms with E-state index in [1.807, 2.05) is 11.8 Å². The van der Waals surface area contributed by atoms with E-state index in [4.69, 9.17) is 0 Å². The van der Waals surface area contributed by atoms with Crippen molar-refractivity contribution in [2.45, 2.75) is 31.9 Å². The highest BCUT2D eigenvalue weighted by atomic mass is 32.2. The molecule has 1 rings (SSSR count). The Labute approximate surface area is 67.4 Å². The quantitative estimate of drug-likeness (QED) is 0.558. The smallest absolute Gasteiger partial charge is 0.0355 e. The van der Waals surface area contributed by atoms with Crippen LogP contribution in [-0.2, 0) is 0 Å². The van der Waals surface area contributed by atoms with Gasteiger partial charge in [-0.3, -0.25) is 0 Å². The Bertz CT molecular complexity index is 179. The third-order valence-corrected chi connectivity index (χ3v) is 3.23. The molecular formula is C9H14S. The van der Waals surface area contributed by atoms with E-state index in [1.54, 1.807) is 0 Å². The molecule has 0 saturated heterocycles. The van der Waals surface area contributed by atoms with Gasteiger partial charge in [0.2, 0.25) is 0 Å². The van der Waals surface area contributed by atoms with Crippen LogP contribution in [0.15, 0.2) is 23.1 Å². The molecule has 0 N–H and O–H groups in total. The second kappa shape index (κ2) is 2.83. The van der Waals surface area contributed by atoms with Crippen LogP contribution in [0.1, 0.15) is 27.2 Å². The molecule has 0 radical (unpaired) electrons. The Morgan fingerprint density at radius 2 is 2.30 bits per heavy atom. The standard InChI is InChI=1S/C9H14S/c1-4-9(3)7-5-6-8(2)10-9/h5-7H,4H2,1-3H3. The van der Waals surface area contributed by atoms with Gasteiger partial charge in [-0.25, -0.2) is 0 Å². The highest BCUT2D eigenvalue weighted by Crippen LogP contribution is 2.38. The number of hydrogen-bond donors (Lipinski definition) is 0. The Morgan fingerprint density at radius 1 is 1.60 bits per heavy atom. The molecule has 0 nitrogen and oxygen atoms in total. The second-order valence-corrected chi connectivity index (χ2v) is 4.69. The molecule has 0 saturated carbocycles. The molecule has 0 aliphatic carbocycles. The first kappa shape index (κ1) is 7.93. The van der Waals surface area contributed by atoms with Gasteiger partial charge in [0, 0.05) is 4.75 Å². The second-order valence-electron chi connectivity index (χ2n) is 2.90. The van der Waals surface area contributed by atoms with Gasteiger partial charge in [0.05, 0.1) is 0 Å². The van der Waals surface area contributed by atoms with Gasteiger partial charge in [-0.05, 0) is 25.2 Å². The molecule has 1 aliphatic rings. The van der Waals surface area contributed by atoms with Crippen LogP contribution in [-0.4, -0.2) is 4.75 Å². The summed E-state index contributed by atoms with van der Waals surface area (Å²) in [6.07, 6.45) is 7.82. The van der Waals surface area contributed by atoms with E-state index in [9.17, 15) is 0 Å². The normalized spacial score (nSPS) is 32.1.